The lowest BCUT2D eigenvalue weighted by Crippen LogP contribution is -2.51. The van der Waals surface area contributed by atoms with Crippen LogP contribution in [0.25, 0.3) is 0 Å². The summed E-state index contributed by atoms with van der Waals surface area (Å²) in [6.45, 7) is 0.275. The number of carboxylic acid groups (broad SMARTS) is 2. The molecule has 1 heterocycles. The van der Waals surface area contributed by atoms with E-state index in [4.69, 9.17) is 14.9 Å². The van der Waals surface area contributed by atoms with Crippen LogP contribution in [-0.4, -0.2) is 67.4 Å². The Labute approximate surface area is 196 Å². The summed E-state index contributed by atoms with van der Waals surface area (Å²) in [5.41, 5.74) is -1.21. The molecular formula is C22H23NO9S2. The number of sulfonamides is 1. The van der Waals surface area contributed by atoms with Crippen molar-refractivity contribution in [3.05, 3.63) is 59.7 Å². The summed E-state index contributed by atoms with van der Waals surface area (Å²) >= 11 is 0. The van der Waals surface area contributed by atoms with Crippen molar-refractivity contribution >= 4 is 31.8 Å². The van der Waals surface area contributed by atoms with Gasteiger partial charge in [0.25, 0.3) is 0 Å². The monoisotopic (exact) mass is 509 g/mol. The SMILES string of the molecule is O=C(O)c1ccc(S(=O)(=O)C2CCC3(CC2)OCCN3S(=O)(=O)c2ccc(C(=O)O)cc2)cc1. The Morgan fingerprint density at radius 2 is 1.29 bits per heavy atom. The highest BCUT2D eigenvalue weighted by molar-refractivity contribution is 7.92. The van der Waals surface area contributed by atoms with Gasteiger partial charge >= 0.3 is 11.9 Å². The van der Waals surface area contributed by atoms with Crippen molar-refractivity contribution in [3.63, 3.8) is 0 Å². The molecule has 1 aliphatic carbocycles. The maximum Gasteiger partial charge on any atom is 0.335 e. The first-order valence-corrected chi connectivity index (χ1v) is 13.5. The number of carbonyl (C=O) groups is 2. The van der Waals surface area contributed by atoms with Crippen molar-refractivity contribution in [2.24, 2.45) is 0 Å². The molecule has 12 heteroatoms. The quantitative estimate of drug-likeness (QED) is 0.596. The first kappa shape index (κ1) is 24.3. The molecule has 2 N–H and O–H groups in total. The van der Waals surface area contributed by atoms with Gasteiger partial charge in [0.1, 0.15) is 5.72 Å². The maximum atomic E-state index is 13.3. The highest BCUT2D eigenvalue weighted by Crippen LogP contribution is 2.43. The lowest BCUT2D eigenvalue weighted by molar-refractivity contribution is -0.0748. The number of rotatable bonds is 6. The highest BCUT2D eigenvalue weighted by Gasteiger charge is 2.52. The number of aromatic carboxylic acids is 2. The van der Waals surface area contributed by atoms with E-state index in [1.165, 1.54) is 52.8 Å². The molecule has 2 aromatic carbocycles. The van der Waals surface area contributed by atoms with Gasteiger partial charge in [0.15, 0.2) is 9.84 Å². The minimum atomic E-state index is -4.00. The molecule has 182 valence electrons. The molecule has 0 bridgehead atoms. The van der Waals surface area contributed by atoms with Gasteiger partial charge in [-0.15, -0.1) is 0 Å². The Balaban J connectivity index is 1.53. The predicted molar refractivity (Wildman–Crippen MR) is 119 cm³/mol. The molecule has 4 rings (SSSR count). The smallest absolute Gasteiger partial charge is 0.335 e. The fourth-order valence-electron chi connectivity index (χ4n) is 4.56. The van der Waals surface area contributed by atoms with E-state index in [1.54, 1.807) is 0 Å². The lowest BCUT2D eigenvalue weighted by Gasteiger charge is -2.41. The molecule has 2 aromatic rings. The van der Waals surface area contributed by atoms with Gasteiger partial charge in [0.05, 0.1) is 32.8 Å². The molecule has 0 amide bonds. The number of hydrogen-bond donors (Lipinski definition) is 2. The number of ether oxygens (including phenoxy) is 1. The van der Waals surface area contributed by atoms with Gasteiger partial charge < -0.3 is 14.9 Å². The van der Waals surface area contributed by atoms with Crippen molar-refractivity contribution in [3.8, 4) is 0 Å². The topological polar surface area (TPSA) is 155 Å². The highest BCUT2D eigenvalue weighted by atomic mass is 32.2. The van der Waals surface area contributed by atoms with Gasteiger partial charge in [-0.25, -0.2) is 26.4 Å². The normalized spacial score (nSPS) is 23.7. The molecule has 0 atom stereocenters. The van der Waals surface area contributed by atoms with Crippen LogP contribution in [0.2, 0.25) is 0 Å². The fourth-order valence-corrected chi connectivity index (χ4v) is 8.04. The fraction of sp³-hybridized carbons (Fsp3) is 0.364. The molecule has 34 heavy (non-hydrogen) atoms. The molecule has 2 aliphatic rings. The Morgan fingerprint density at radius 1 is 0.824 bits per heavy atom. The van der Waals surface area contributed by atoms with E-state index in [0.717, 1.165) is 0 Å². The maximum absolute atomic E-state index is 13.3. The number of carboxylic acids is 2. The summed E-state index contributed by atoms with van der Waals surface area (Å²) in [7, 11) is -7.74. The van der Waals surface area contributed by atoms with Crippen molar-refractivity contribution in [2.45, 2.75) is 46.4 Å². The van der Waals surface area contributed by atoms with Crippen molar-refractivity contribution < 1.29 is 41.4 Å². The average Bonchev–Trinajstić information content (AvgIpc) is 3.23. The molecule has 10 nitrogen and oxygen atoms in total. The Morgan fingerprint density at radius 3 is 1.76 bits per heavy atom. The summed E-state index contributed by atoms with van der Waals surface area (Å²) in [6.07, 6.45) is 0.701. The standard InChI is InChI=1S/C22H23NO9S2/c24-20(25)15-1-5-17(6-2-15)33(28,29)18-9-11-22(12-10-18)23(13-14-32-22)34(30,31)19-7-3-16(4-8-19)21(26)27/h1-8,18H,9-14H2,(H,24,25)(H,26,27). The van der Waals surface area contributed by atoms with Crippen LogP contribution >= 0.6 is 0 Å². The molecule has 1 saturated heterocycles. The van der Waals surface area contributed by atoms with Crippen LogP contribution < -0.4 is 0 Å². The second kappa shape index (κ2) is 8.77. The summed E-state index contributed by atoms with van der Waals surface area (Å²) in [6, 6.07) is 9.94. The summed E-state index contributed by atoms with van der Waals surface area (Å²) < 4.78 is 59.9. The van der Waals surface area contributed by atoms with Gasteiger partial charge in [-0.3, -0.25) is 0 Å². The van der Waals surface area contributed by atoms with Crippen LogP contribution in [0.15, 0.2) is 58.3 Å². The first-order valence-electron chi connectivity index (χ1n) is 10.5. The zero-order valence-electron chi connectivity index (χ0n) is 18.0. The van der Waals surface area contributed by atoms with Gasteiger partial charge in [-0.2, -0.15) is 4.31 Å². The van der Waals surface area contributed by atoms with Crippen molar-refractivity contribution in [2.75, 3.05) is 13.2 Å². The number of sulfone groups is 1. The molecule has 0 unspecified atom stereocenters. The third-order valence-electron chi connectivity index (χ3n) is 6.39. The second-order valence-corrected chi connectivity index (χ2v) is 12.4. The third-order valence-corrected chi connectivity index (χ3v) is 10.6. The molecular weight excluding hydrogens is 486 g/mol. The van der Waals surface area contributed by atoms with Gasteiger partial charge in [-0.05, 0) is 74.2 Å². The minimum absolute atomic E-state index is 0.0156. The molecule has 2 fully saturated rings. The zero-order valence-corrected chi connectivity index (χ0v) is 19.6. The van der Waals surface area contributed by atoms with E-state index in [2.05, 4.69) is 0 Å². The molecule has 1 saturated carbocycles. The van der Waals surface area contributed by atoms with E-state index in [9.17, 15) is 26.4 Å². The minimum Gasteiger partial charge on any atom is -0.478 e. The van der Waals surface area contributed by atoms with Gasteiger partial charge in [0, 0.05) is 6.54 Å². The van der Waals surface area contributed by atoms with Gasteiger partial charge in [0.2, 0.25) is 10.0 Å². The summed E-state index contributed by atoms with van der Waals surface area (Å²) in [5.74, 6) is -2.32. The Bertz CT molecular complexity index is 1310. The largest absolute Gasteiger partial charge is 0.478 e. The van der Waals surface area contributed by atoms with Gasteiger partial charge in [-0.1, -0.05) is 0 Å². The molecule has 1 spiro atoms. The number of hydrogen-bond acceptors (Lipinski definition) is 7. The lowest BCUT2D eigenvalue weighted by atomic mass is 9.91. The summed E-state index contributed by atoms with van der Waals surface area (Å²) in [4.78, 5) is 22.1. The second-order valence-electron chi connectivity index (χ2n) is 8.28. The Kier molecular flexibility index (Phi) is 6.27. The van der Waals surface area contributed by atoms with Crippen LogP contribution in [0, 0.1) is 0 Å². The first-order chi connectivity index (χ1) is 16.0. The van der Waals surface area contributed by atoms with Crippen LogP contribution in [0.4, 0.5) is 0 Å². The van der Waals surface area contributed by atoms with Crippen LogP contribution in [0.3, 0.4) is 0 Å². The van der Waals surface area contributed by atoms with E-state index in [1.807, 2.05) is 0 Å². The zero-order chi connectivity index (χ0) is 24.7. The van der Waals surface area contributed by atoms with E-state index >= 15 is 0 Å². The molecule has 1 aliphatic heterocycles. The van der Waals surface area contributed by atoms with E-state index in [-0.39, 0.29) is 59.8 Å². The van der Waals surface area contributed by atoms with Crippen molar-refractivity contribution in [1.29, 1.82) is 0 Å². The van der Waals surface area contributed by atoms with Crippen LogP contribution in [0.1, 0.15) is 46.4 Å². The van der Waals surface area contributed by atoms with Crippen LogP contribution in [-0.2, 0) is 24.6 Å². The summed E-state index contributed by atoms with van der Waals surface area (Å²) in [5, 5.41) is 17.3. The number of benzene rings is 2. The van der Waals surface area contributed by atoms with Crippen molar-refractivity contribution in [1.82, 2.24) is 4.31 Å². The van der Waals surface area contributed by atoms with E-state index < -0.39 is 42.8 Å². The van der Waals surface area contributed by atoms with E-state index in [0.29, 0.717) is 0 Å². The Hall–Kier alpha value is -2.80. The van der Waals surface area contributed by atoms with Crippen LogP contribution in [0.5, 0.6) is 0 Å². The third kappa shape index (κ3) is 4.22. The predicted octanol–water partition coefficient (Wildman–Crippen LogP) is 2.22. The molecule has 0 radical (unpaired) electrons. The number of nitrogens with zero attached hydrogens (tertiary/aromatic N) is 1. The molecule has 0 aromatic heterocycles. The average molecular weight is 510 g/mol.